The van der Waals surface area contributed by atoms with Gasteiger partial charge in [-0.1, -0.05) is 17.2 Å². The van der Waals surface area contributed by atoms with E-state index in [2.05, 4.69) is 20.3 Å². The van der Waals surface area contributed by atoms with Crippen molar-refractivity contribution in [1.29, 1.82) is 0 Å². The number of carboxylic acid groups (broad SMARTS) is 1. The summed E-state index contributed by atoms with van der Waals surface area (Å²) in [4.78, 5) is 20.9. The van der Waals surface area contributed by atoms with Crippen molar-refractivity contribution in [3.63, 3.8) is 0 Å². The maximum absolute atomic E-state index is 10.8. The lowest BCUT2D eigenvalue weighted by molar-refractivity contribution is -0.147. The second kappa shape index (κ2) is 11.5. The number of carbonyl (C=O) groups excluding carboxylic acids is 1. The van der Waals surface area contributed by atoms with Crippen molar-refractivity contribution in [2.24, 2.45) is 0 Å². The minimum Gasteiger partial charge on any atom is -0.481 e. The van der Waals surface area contributed by atoms with Crippen molar-refractivity contribution >= 4 is 11.9 Å². The lowest BCUT2D eigenvalue weighted by Gasteiger charge is -2.03. The van der Waals surface area contributed by atoms with Crippen LogP contribution < -0.4 is 5.32 Å². The first-order chi connectivity index (χ1) is 8.66. The topological polar surface area (TPSA) is 115 Å². The fourth-order valence-electron chi connectivity index (χ4n) is 0.831. The second-order valence-corrected chi connectivity index (χ2v) is 3.06. The first kappa shape index (κ1) is 16.0. The molecule has 0 aliphatic rings. The summed E-state index contributed by atoms with van der Waals surface area (Å²) in [5.41, 5.74) is 0. The summed E-state index contributed by atoms with van der Waals surface area (Å²) >= 11 is 0. The van der Waals surface area contributed by atoms with Gasteiger partial charge in [-0.15, -0.1) is 0 Å². The van der Waals surface area contributed by atoms with Crippen LogP contribution in [-0.2, 0) is 14.3 Å². The first-order valence-electron chi connectivity index (χ1n) is 5.46. The molecule has 0 aliphatic heterocycles. The standard InChI is InChI=1S/C8H15NO4.C2H2N2O/c1-2-9-5-6-13-8(12)4-3-7(10)11;1-2-4-5-3-1/h9H,2-6H2,1H3,(H,10,11);1-2H. The van der Waals surface area contributed by atoms with E-state index < -0.39 is 11.9 Å². The van der Waals surface area contributed by atoms with E-state index in [-0.39, 0.29) is 12.8 Å². The number of aromatic nitrogens is 2. The molecule has 1 rings (SSSR count). The van der Waals surface area contributed by atoms with Crippen molar-refractivity contribution < 1.29 is 24.1 Å². The fraction of sp³-hybridized carbons (Fsp3) is 0.600. The Hall–Kier alpha value is -1.96. The number of likely N-dealkylation sites (N-methyl/N-ethyl adjacent to an activating group) is 1. The van der Waals surface area contributed by atoms with Gasteiger partial charge in [0.1, 0.15) is 6.61 Å². The molecule has 0 saturated carbocycles. The van der Waals surface area contributed by atoms with Crippen molar-refractivity contribution in [2.75, 3.05) is 19.7 Å². The number of nitrogens with one attached hydrogen (secondary N) is 1. The summed E-state index contributed by atoms with van der Waals surface area (Å²) in [5.74, 6) is -1.44. The van der Waals surface area contributed by atoms with Gasteiger partial charge in [0.25, 0.3) is 0 Å². The summed E-state index contributed by atoms with van der Waals surface area (Å²) in [7, 11) is 0. The zero-order valence-corrected chi connectivity index (χ0v) is 10.2. The normalized spacial score (nSPS) is 9.17. The van der Waals surface area contributed by atoms with E-state index in [4.69, 9.17) is 9.84 Å². The van der Waals surface area contributed by atoms with Crippen LogP contribution in [0.5, 0.6) is 0 Å². The second-order valence-electron chi connectivity index (χ2n) is 3.06. The van der Waals surface area contributed by atoms with Gasteiger partial charge in [0.2, 0.25) is 0 Å². The number of aliphatic carboxylic acids is 1. The predicted octanol–water partition coefficient (Wildman–Crippen LogP) is 0.0735. The molecule has 8 heteroatoms. The molecule has 18 heavy (non-hydrogen) atoms. The van der Waals surface area contributed by atoms with Crippen LogP contribution in [0.15, 0.2) is 17.0 Å². The Morgan fingerprint density at radius 1 is 1.33 bits per heavy atom. The number of hydrogen-bond acceptors (Lipinski definition) is 7. The molecule has 0 unspecified atom stereocenters. The molecule has 1 aromatic heterocycles. The Kier molecular flexibility index (Phi) is 10.3. The lowest BCUT2D eigenvalue weighted by atomic mass is 10.3. The molecule has 0 fully saturated rings. The van der Waals surface area contributed by atoms with Gasteiger partial charge in [-0.2, -0.15) is 0 Å². The summed E-state index contributed by atoms with van der Waals surface area (Å²) in [6.07, 6.45) is 2.72. The van der Waals surface area contributed by atoms with Gasteiger partial charge in [0, 0.05) is 6.54 Å². The van der Waals surface area contributed by atoms with Crippen LogP contribution in [0.1, 0.15) is 19.8 Å². The third kappa shape index (κ3) is 12.1. The van der Waals surface area contributed by atoms with Crippen LogP contribution in [0.4, 0.5) is 0 Å². The molecule has 0 radical (unpaired) electrons. The van der Waals surface area contributed by atoms with E-state index in [1.54, 1.807) is 0 Å². The summed E-state index contributed by atoms with van der Waals surface area (Å²) < 4.78 is 8.81. The smallest absolute Gasteiger partial charge is 0.306 e. The van der Waals surface area contributed by atoms with Gasteiger partial charge in [-0.05, 0) is 6.54 Å². The highest BCUT2D eigenvalue weighted by molar-refractivity contribution is 5.76. The zero-order chi connectivity index (χ0) is 13.6. The Morgan fingerprint density at radius 2 is 2.00 bits per heavy atom. The Balaban J connectivity index is 0.000000473. The van der Waals surface area contributed by atoms with Gasteiger partial charge in [0.05, 0.1) is 25.2 Å². The molecule has 8 nitrogen and oxygen atoms in total. The quantitative estimate of drug-likeness (QED) is 0.522. The molecule has 2 N–H and O–H groups in total. The number of carbonyl (C=O) groups is 2. The zero-order valence-electron chi connectivity index (χ0n) is 10.2. The van der Waals surface area contributed by atoms with Crippen molar-refractivity contribution in [1.82, 2.24) is 15.6 Å². The minimum absolute atomic E-state index is 0.0541. The van der Waals surface area contributed by atoms with E-state index in [9.17, 15) is 9.59 Å². The van der Waals surface area contributed by atoms with Crippen LogP contribution in [0.3, 0.4) is 0 Å². The van der Waals surface area contributed by atoms with E-state index in [1.165, 1.54) is 12.4 Å². The van der Waals surface area contributed by atoms with Gasteiger partial charge in [-0.3, -0.25) is 9.59 Å². The monoisotopic (exact) mass is 259 g/mol. The van der Waals surface area contributed by atoms with Crippen LogP contribution in [-0.4, -0.2) is 47.1 Å². The van der Waals surface area contributed by atoms with Gasteiger partial charge < -0.3 is 15.2 Å². The molecule has 1 aromatic rings. The molecule has 1 heterocycles. The number of carboxylic acids is 1. The molecule has 0 aliphatic carbocycles. The third-order valence-corrected chi connectivity index (χ3v) is 1.62. The number of ether oxygens (including phenoxy) is 1. The molecule has 0 spiro atoms. The Morgan fingerprint density at radius 3 is 2.44 bits per heavy atom. The average Bonchev–Trinajstić information content (AvgIpc) is 2.91. The van der Waals surface area contributed by atoms with Crippen molar-refractivity contribution in [2.45, 2.75) is 19.8 Å². The predicted molar refractivity (Wildman–Crippen MR) is 60.7 cm³/mol. The van der Waals surface area contributed by atoms with Gasteiger partial charge in [0.15, 0.2) is 0 Å². The molecule has 0 saturated heterocycles. The summed E-state index contributed by atoms with van der Waals surface area (Å²) in [5, 5.41) is 17.7. The summed E-state index contributed by atoms with van der Waals surface area (Å²) in [6, 6.07) is 0. The third-order valence-electron chi connectivity index (χ3n) is 1.62. The van der Waals surface area contributed by atoms with Gasteiger partial charge >= 0.3 is 11.9 Å². The lowest BCUT2D eigenvalue weighted by Crippen LogP contribution is -2.21. The van der Waals surface area contributed by atoms with Crippen molar-refractivity contribution in [3.05, 3.63) is 12.4 Å². The van der Waals surface area contributed by atoms with Crippen LogP contribution in [0.25, 0.3) is 0 Å². The van der Waals surface area contributed by atoms with E-state index in [0.29, 0.717) is 13.2 Å². The number of nitrogens with zero attached hydrogens (tertiary/aromatic N) is 2. The molecular weight excluding hydrogens is 242 g/mol. The molecule has 0 atom stereocenters. The minimum atomic E-state index is -0.983. The number of esters is 1. The molecule has 0 aromatic carbocycles. The van der Waals surface area contributed by atoms with Crippen molar-refractivity contribution in [3.8, 4) is 0 Å². The molecule has 0 amide bonds. The molecular formula is C10H17N3O5. The maximum Gasteiger partial charge on any atom is 0.306 e. The number of rotatable bonds is 7. The Bertz CT molecular complexity index is 298. The molecule has 0 bridgehead atoms. The maximum atomic E-state index is 10.8. The van der Waals surface area contributed by atoms with Crippen LogP contribution in [0.2, 0.25) is 0 Å². The largest absolute Gasteiger partial charge is 0.481 e. The Labute approximate surface area is 104 Å². The first-order valence-corrected chi connectivity index (χ1v) is 5.46. The van der Waals surface area contributed by atoms with E-state index >= 15 is 0 Å². The highest BCUT2D eigenvalue weighted by Crippen LogP contribution is 1.91. The van der Waals surface area contributed by atoms with Crippen LogP contribution >= 0.6 is 0 Å². The van der Waals surface area contributed by atoms with E-state index in [0.717, 1.165) is 6.54 Å². The summed E-state index contributed by atoms with van der Waals surface area (Å²) in [6.45, 7) is 3.68. The average molecular weight is 259 g/mol. The fourth-order valence-corrected chi connectivity index (χ4v) is 0.831. The SMILES string of the molecule is CCNCCOC(=O)CCC(=O)O.c1cnon1. The van der Waals surface area contributed by atoms with E-state index in [1.807, 2.05) is 6.92 Å². The number of hydrogen-bond donors (Lipinski definition) is 2. The molecule has 102 valence electrons. The highest BCUT2D eigenvalue weighted by Gasteiger charge is 2.05. The van der Waals surface area contributed by atoms with Crippen LogP contribution in [0, 0.1) is 0 Å². The highest BCUT2D eigenvalue weighted by atomic mass is 16.6. The van der Waals surface area contributed by atoms with Gasteiger partial charge in [-0.25, -0.2) is 4.63 Å².